The number of hydrogen-bond acceptors (Lipinski definition) is 7. The zero-order valence-electron chi connectivity index (χ0n) is 17.6. The molecule has 8 nitrogen and oxygen atoms in total. The van der Waals surface area contributed by atoms with Crippen LogP contribution in [0.1, 0.15) is 5.56 Å². The van der Waals surface area contributed by atoms with Gasteiger partial charge in [-0.05, 0) is 48.4 Å². The molecule has 162 valence electrons. The van der Waals surface area contributed by atoms with Gasteiger partial charge in [0.2, 0.25) is 0 Å². The third kappa shape index (κ3) is 4.06. The average Bonchev–Trinajstić information content (AvgIpc) is 2.80. The molecule has 3 aromatic rings. The SMILES string of the molecule is COc1ccc(-c2c(C)c3cc(OC(=O)N4CCOCC4)ccc3oc2=O)cc1OC. The topological polar surface area (TPSA) is 87.4 Å². The van der Waals surface area contributed by atoms with E-state index in [9.17, 15) is 9.59 Å². The van der Waals surface area contributed by atoms with E-state index in [0.717, 1.165) is 0 Å². The first kappa shape index (κ1) is 20.7. The molecule has 2 heterocycles. The van der Waals surface area contributed by atoms with Gasteiger partial charge in [0, 0.05) is 18.5 Å². The minimum atomic E-state index is -0.463. The molecule has 0 radical (unpaired) electrons. The molecular formula is C23H23NO7. The molecule has 0 spiro atoms. The van der Waals surface area contributed by atoms with Crippen LogP contribution in [-0.4, -0.2) is 51.5 Å². The molecule has 1 fully saturated rings. The number of carbonyl (C=O) groups excluding carboxylic acids is 1. The predicted molar refractivity (Wildman–Crippen MR) is 114 cm³/mol. The Labute approximate surface area is 178 Å². The van der Waals surface area contributed by atoms with Crippen molar-refractivity contribution in [2.45, 2.75) is 6.92 Å². The van der Waals surface area contributed by atoms with E-state index in [-0.39, 0.29) is 0 Å². The van der Waals surface area contributed by atoms with Crippen molar-refractivity contribution < 1.29 is 28.2 Å². The van der Waals surface area contributed by atoms with Gasteiger partial charge < -0.3 is 28.3 Å². The van der Waals surface area contributed by atoms with Gasteiger partial charge in [-0.2, -0.15) is 0 Å². The Bertz CT molecular complexity index is 1180. The Morgan fingerprint density at radius 1 is 1.00 bits per heavy atom. The molecule has 8 heteroatoms. The maximum absolute atomic E-state index is 12.7. The minimum absolute atomic E-state index is 0.374. The van der Waals surface area contributed by atoms with Crippen molar-refractivity contribution >= 4 is 17.1 Å². The number of ether oxygens (including phenoxy) is 4. The Kier molecular flexibility index (Phi) is 5.81. The second-order valence-corrected chi connectivity index (χ2v) is 7.08. The molecule has 0 saturated carbocycles. The molecular weight excluding hydrogens is 402 g/mol. The molecule has 0 atom stereocenters. The highest BCUT2D eigenvalue weighted by molar-refractivity contribution is 5.88. The summed E-state index contributed by atoms with van der Waals surface area (Å²) < 4.78 is 27.0. The van der Waals surface area contributed by atoms with Gasteiger partial charge in [0.15, 0.2) is 11.5 Å². The second-order valence-electron chi connectivity index (χ2n) is 7.08. The smallest absolute Gasteiger partial charge is 0.415 e. The van der Waals surface area contributed by atoms with Gasteiger partial charge >= 0.3 is 11.7 Å². The van der Waals surface area contributed by atoms with Crippen LogP contribution in [0, 0.1) is 6.92 Å². The Morgan fingerprint density at radius 3 is 2.45 bits per heavy atom. The van der Waals surface area contributed by atoms with Crippen molar-refractivity contribution in [2.24, 2.45) is 0 Å². The number of benzene rings is 2. The lowest BCUT2D eigenvalue weighted by molar-refractivity contribution is 0.0416. The van der Waals surface area contributed by atoms with E-state index in [2.05, 4.69) is 0 Å². The zero-order valence-corrected chi connectivity index (χ0v) is 17.6. The molecule has 1 aliphatic heterocycles. The standard InChI is InChI=1S/C23H23NO7/c1-14-17-13-16(30-23(26)24-8-10-29-11-9-24)5-7-18(17)31-22(25)21(14)15-4-6-19(27-2)20(12-15)28-3/h4-7,12-13H,8-11H2,1-3H3. The monoisotopic (exact) mass is 425 g/mol. The van der Waals surface area contributed by atoms with E-state index >= 15 is 0 Å². The summed E-state index contributed by atoms with van der Waals surface area (Å²) in [5.41, 5.74) is 1.71. The van der Waals surface area contributed by atoms with Crippen molar-refractivity contribution in [3.05, 3.63) is 52.4 Å². The van der Waals surface area contributed by atoms with E-state index in [4.69, 9.17) is 23.4 Å². The molecule has 2 aromatic carbocycles. The Balaban J connectivity index is 1.73. The summed E-state index contributed by atoms with van der Waals surface area (Å²) in [6, 6.07) is 10.2. The number of carbonyl (C=O) groups is 1. The van der Waals surface area contributed by atoms with Gasteiger partial charge in [-0.1, -0.05) is 6.07 Å². The summed E-state index contributed by atoms with van der Waals surface area (Å²) in [4.78, 5) is 26.7. The molecule has 1 aromatic heterocycles. The molecule has 0 N–H and O–H groups in total. The molecule has 1 amide bonds. The van der Waals surface area contributed by atoms with Gasteiger partial charge in [-0.3, -0.25) is 0 Å². The highest BCUT2D eigenvalue weighted by atomic mass is 16.6. The van der Waals surface area contributed by atoms with E-state index < -0.39 is 11.7 Å². The largest absolute Gasteiger partial charge is 0.493 e. The second kappa shape index (κ2) is 8.69. The number of hydrogen-bond donors (Lipinski definition) is 0. The van der Waals surface area contributed by atoms with E-state index in [1.54, 1.807) is 48.4 Å². The summed E-state index contributed by atoms with van der Waals surface area (Å²) in [5.74, 6) is 1.44. The summed E-state index contributed by atoms with van der Waals surface area (Å²) in [6.45, 7) is 3.80. The maximum Gasteiger partial charge on any atom is 0.415 e. The third-order valence-corrected chi connectivity index (χ3v) is 5.28. The molecule has 0 unspecified atom stereocenters. The van der Waals surface area contributed by atoms with Crippen molar-refractivity contribution in [3.8, 4) is 28.4 Å². The van der Waals surface area contributed by atoms with Crippen molar-refractivity contribution in [2.75, 3.05) is 40.5 Å². The number of morpholine rings is 1. The van der Waals surface area contributed by atoms with Crippen molar-refractivity contribution in [3.63, 3.8) is 0 Å². The summed E-state index contributed by atoms with van der Waals surface area (Å²) in [6.07, 6.45) is -0.433. The number of nitrogens with zero attached hydrogens (tertiary/aromatic N) is 1. The zero-order chi connectivity index (χ0) is 22.0. The predicted octanol–water partition coefficient (Wildman–Crippen LogP) is 3.62. The number of fused-ring (bicyclic) bond motifs is 1. The van der Waals surface area contributed by atoms with Crippen LogP contribution in [0.4, 0.5) is 4.79 Å². The van der Waals surface area contributed by atoms with Crippen LogP contribution in [0.15, 0.2) is 45.6 Å². The van der Waals surface area contributed by atoms with E-state index in [1.165, 1.54) is 7.11 Å². The lowest BCUT2D eigenvalue weighted by Gasteiger charge is -2.25. The normalized spacial score (nSPS) is 13.8. The van der Waals surface area contributed by atoms with E-state index in [0.29, 0.717) is 71.2 Å². The average molecular weight is 425 g/mol. The number of methoxy groups -OCH3 is 2. The summed E-state index contributed by atoms with van der Waals surface area (Å²) >= 11 is 0. The Morgan fingerprint density at radius 2 is 1.74 bits per heavy atom. The fourth-order valence-electron chi connectivity index (χ4n) is 3.63. The molecule has 0 bridgehead atoms. The maximum atomic E-state index is 12.7. The van der Waals surface area contributed by atoms with Crippen LogP contribution in [0.5, 0.6) is 17.2 Å². The minimum Gasteiger partial charge on any atom is -0.493 e. The van der Waals surface area contributed by atoms with E-state index in [1.807, 2.05) is 6.92 Å². The van der Waals surface area contributed by atoms with Crippen molar-refractivity contribution in [1.82, 2.24) is 4.90 Å². The molecule has 4 rings (SSSR count). The van der Waals surface area contributed by atoms with Crippen LogP contribution < -0.4 is 19.8 Å². The molecule has 1 saturated heterocycles. The number of amides is 1. The molecule has 31 heavy (non-hydrogen) atoms. The van der Waals surface area contributed by atoms with Crippen LogP contribution in [0.3, 0.4) is 0 Å². The summed E-state index contributed by atoms with van der Waals surface area (Å²) in [7, 11) is 3.08. The summed E-state index contributed by atoms with van der Waals surface area (Å²) in [5, 5.41) is 0.677. The lowest BCUT2D eigenvalue weighted by Crippen LogP contribution is -2.42. The fraction of sp³-hybridized carbons (Fsp3) is 0.304. The highest BCUT2D eigenvalue weighted by Crippen LogP contribution is 2.34. The molecule has 0 aliphatic carbocycles. The highest BCUT2D eigenvalue weighted by Gasteiger charge is 2.20. The third-order valence-electron chi connectivity index (χ3n) is 5.28. The van der Waals surface area contributed by atoms with Gasteiger partial charge in [-0.15, -0.1) is 0 Å². The first-order valence-electron chi connectivity index (χ1n) is 9.86. The van der Waals surface area contributed by atoms with Crippen LogP contribution in [0.2, 0.25) is 0 Å². The molecule has 1 aliphatic rings. The first-order valence-corrected chi connectivity index (χ1v) is 9.86. The Hall–Kier alpha value is -3.52. The van der Waals surface area contributed by atoms with Crippen LogP contribution in [-0.2, 0) is 4.74 Å². The van der Waals surface area contributed by atoms with Gasteiger partial charge in [-0.25, -0.2) is 9.59 Å². The lowest BCUT2D eigenvalue weighted by atomic mass is 9.99. The first-order chi connectivity index (χ1) is 15.0. The quantitative estimate of drug-likeness (QED) is 0.590. The van der Waals surface area contributed by atoms with Gasteiger partial charge in [0.1, 0.15) is 11.3 Å². The number of rotatable bonds is 4. The van der Waals surface area contributed by atoms with Crippen LogP contribution in [0.25, 0.3) is 22.1 Å². The number of aryl methyl sites for hydroxylation is 1. The van der Waals surface area contributed by atoms with Gasteiger partial charge in [0.25, 0.3) is 0 Å². The van der Waals surface area contributed by atoms with Crippen LogP contribution >= 0.6 is 0 Å². The van der Waals surface area contributed by atoms with Gasteiger partial charge in [0.05, 0.1) is 33.0 Å². The fourth-order valence-corrected chi connectivity index (χ4v) is 3.63. The van der Waals surface area contributed by atoms with Crippen molar-refractivity contribution in [1.29, 1.82) is 0 Å².